The number of nitriles is 1. The van der Waals surface area contributed by atoms with Crippen molar-refractivity contribution in [2.24, 2.45) is 5.92 Å². The second kappa shape index (κ2) is 6.48. The number of benzene rings is 1. The minimum absolute atomic E-state index is 0.203. The van der Waals surface area contributed by atoms with Gasteiger partial charge in [0.15, 0.2) is 0 Å². The highest BCUT2D eigenvalue weighted by Gasteiger charge is 2.21. The van der Waals surface area contributed by atoms with Gasteiger partial charge < -0.3 is 4.74 Å². The molecular weight excluding hydrogens is 261 g/mol. The zero-order chi connectivity index (χ0) is 12.8. The summed E-state index contributed by atoms with van der Waals surface area (Å²) in [5.41, 5.74) is 0.666. The van der Waals surface area contributed by atoms with Crippen molar-refractivity contribution in [1.29, 1.82) is 5.26 Å². The molecule has 3 nitrogen and oxygen atoms in total. The van der Waals surface area contributed by atoms with Crippen molar-refractivity contribution < 1.29 is 9.53 Å². The molecule has 5 heteroatoms. The summed E-state index contributed by atoms with van der Waals surface area (Å²) in [5, 5.41) is 9.70. The van der Waals surface area contributed by atoms with Crippen LogP contribution in [-0.2, 0) is 16.0 Å². The third kappa shape index (κ3) is 3.62. The Labute approximate surface area is 110 Å². The molecule has 0 saturated heterocycles. The van der Waals surface area contributed by atoms with Gasteiger partial charge in [-0.1, -0.05) is 35.3 Å². The van der Waals surface area contributed by atoms with E-state index in [4.69, 9.17) is 33.2 Å². The molecule has 0 heterocycles. The second-order valence-corrected chi connectivity index (χ2v) is 4.14. The molecule has 0 N–H and O–H groups in total. The quantitative estimate of drug-likeness (QED) is 0.790. The molecule has 0 unspecified atom stereocenters. The van der Waals surface area contributed by atoms with Gasteiger partial charge in [-0.05, 0) is 18.6 Å². The summed E-state index contributed by atoms with van der Waals surface area (Å²) in [6, 6.07) is 7.02. The van der Waals surface area contributed by atoms with Crippen LogP contribution in [0.3, 0.4) is 0 Å². The summed E-state index contributed by atoms with van der Waals surface area (Å²) in [6.45, 7) is 1.94. The molecule has 0 aliphatic rings. The average Bonchev–Trinajstić information content (AvgIpc) is 2.31. The Morgan fingerprint density at radius 2 is 2.24 bits per heavy atom. The SMILES string of the molecule is CCOC(=O)[C@@H](C#N)Cc1cccc(Cl)c1Cl. The average molecular weight is 272 g/mol. The summed E-state index contributed by atoms with van der Waals surface area (Å²) < 4.78 is 4.80. The van der Waals surface area contributed by atoms with Crippen molar-refractivity contribution in [3.05, 3.63) is 33.8 Å². The van der Waals surface area contributed by atoms with Gasteiger partial charge in [-0.25, -0.2) is 0 Å². The van der Waals surface area contributed by atoms with E-state index in [1.54, 1.807) is 25.1 Å². The lowest BCUT2D eigenvalue weighted by Gasteiger charge is -2.10. The van der Waals surface area contributed by atoms with Crippen molar-refractivity contribution in [2.75, 3.05) is 6.61 Å². The minimum atomic E-state index is -0.856. The van der Waals surface area contributed by atoms with E-state index < -0.39 is 11.9 Å². The Balaban J connectivity index is 2.85. The molecule has 0 aliphatic carbocycles. The molecule has 1 rings (SSSR count). The normalized spacial score (nSPS) is 11.6. The fourth-order valence-electron chi connectivity index (χ4n) is 1.35. The summed E-state index contributed by atoms with van der Waals surface area (Å²) in [7, 11) is 0. The first kappa shape index (κ1) is 13.8. The molecule has 0 spiro atoms. The predicted molar refractivity (Wildman–Crippen MR) is 65.9 cm³/mol. The van der Waals surface area contributed by atoms with Crippen molar-refractivity contribution in [2.45, 2.75) is 13.3 Å². The van der Waals surface area contributed by atoms with E-state index in [1.165, 1.54) is 0 Å². The molecule has 1 atom stereocenters. The Morgan fingerprint density at radius 3 is 2.82 bits per heavy atom. The molecule has 90 valence electrons. The van der Waals surface area contributed by atoms with Gasteiger partial charge in [-0.3, -0.25) is 4.79 Å². The van der Waals surface area contributed by atoms with Gasteiger partial charge in [-0.2, -0.15) is 5.26 Å². The molecule has 0 aliphatic heterocycles. The smallest absolute Gasteiger partial charge is 0.323 e. The summed E-state index contributed by atoms with van der Waals surface area (Å²) in [5.74, 6) is -1.39. The Hall–Kier alpha value is -1.24. The van der Waals surface area contributed by atoms with Crippen LogP contribution in [0.4, 0.5) is 0 Å². The van der Waals surface area contributed by atoms with Crippen LogP contribution in [0.15, 0.2) is 18.2 Å². The molecule has 0 saturated carbocycles. The number of carbonyl (C=O) groups excluding carboxylic acids is 1. The molecule has 1 aromatic carbocycles. The first-order valence-electron chi connectivity index (χ1n) is 5.09. The van der Waals surface area contributed by atoms with Crippen LogP contribution in [0.1, 0.15) is 12.5 Å². The zero-order valence-corrected chi connectivity index (χ0v) is 10.8. The summed E-state index contributed by atoms with van der Waals surface area (Å²) >= 11 is 11.8. The molecular formula is C12H11Cl2NO2. The monoisotopic (exact) mass is 271 g/mol. The largest absolute Gasteiger partial charge is 0.465 e. The van der Waals surface area contributed by atoms with Gasteiger partial charge in [0.1, 0.15) is 5.92 Å². The van der Waals surface area contributed by atoms with Crippen LogP contribution in [-0.4, -0.2) is 12.6 Å². The van der Waals surface area contributed by atoms with Gasteiger partial charge in [0, 0.05) is 6.42 Å². The number of halogens is 2. The maximum Gasteiger partial charge on any atom is 0.323 e. The molecule has 0 fully saturated rings. The number of hydrogen-bond donors (Lipinski definition) is 0. The van der Waals surface area contributed by atoms with Crippen LogP contribution in [0.25, 0.3) is 0 Å². The number of rotatable bonds is 4. The van der Waals surface area contributed by atoms with Crippen molar-refractivity contribution in [3.8, 4) is 6.07 Å². The van der Waals surface area contributed by atoms with Gasteiger partial charge in [-0.15, -0.1) is 0 Å². The molecule has 17 heavy (non-hydrogen) atoms. The highest BCUT2D eigenvalue weighted by atomic mass is 35.5. The van der Waals surface area contributed by atoms with Gasteiger partial charge >= 0.3 is 5.97 Å². The van der Waals surface area contributed by atoms with E-state index in [2.05, 4.69) is 0 Å². The third-order valence-corrected chi connectivity index (χ3v) is 3.04. The van der Waals surface area contributed by atoms with E-state index in [0.717, 1.165) is 0 Å². The molecule has 0 amide bonds. The van der Waals surface area contributed by atoms with Gasteiger partial charge in [0.25, 0.3) is 0 Å². The highest BCUT2D eigenvalue weighted by molar-refractivity contribution is 6.42. The number of ether oxygens (including phenoxy) is 1. The molecule has 0 aromatic heterocycles. The van der Waals surface area contributed by atoms with Crippen LogP contribution >= 0.6 is 23.2 Å². The maximum atomic E-state index is 11.5. The van der Waals surface area contributed by atoms with Gasteiger partial charge in [0.05, 0.1) is 22.7 Å². The van der Waals surface area contributed by atoms with E-state index in [0.29, 0.717) is 15.6 Å². The Kier molecular flexibility index (Phi) is 5.27. The lowest BCUT2D eigenvalue weighted by atomic mass is 10.0. The van der Waals surface area contributed by atoms with E-state index in [1.807, 2.05) is 6.07 Å². The van der Waals surface area contributed by atoms with Gasteiger partial charge in [0.2, 0.25) is 0 Å². The maximum absolute atomic E-state index is 11.5. The van der Waals surface area contributed by atoms with E-state index in [-0.39, 0.29) is 13.0 Å². The summed E-state index contributed by atoms with van der Waals surface area (Å²) in [4.78, 5) is 11.5. The standard InChI is InChI=1S/C12H11Cl2NO2/c1-2-17-12(16)9(7-15)6-8-4-3-5-10(13)11(8)14/h3-5,9H,2,6H2,1H3/t9-/m1/s1. The third-order valence-electron chi connectivity index (χ3n) is 2.18. The highest BCUT2D eigenvalue weighted by Crippen LogP contribution is 2.27. The zero-order valence-electron chi connectivity index (χ0n) is 9.24. The lowest BCUT2D eigenvalue weighted by molar-refractivity contribution is -0.145. The number of nitrogens with zero attached hydrogens (tertiary/aromatic N) is 1. The van der Waals surface area contributed by atoms with Crippen molar-refractivity contribution in [1.82, 2.24) is 0 Å². The van der Waals surface area contributed by atoms with Crippen LogP contribution in [0.5, 0.6) is 0 Å². The topological polar surface area (TPSA) is 50.1 Å². The molecule has 0 bridgehead atoms. The van der Waals surface area contributed by atoms with Crippen molar-refractivity contribution >= 4 is 29.2 Å². The van der Waals surface area contributed by atoms with Crippen LogP contribution in [0, 0.1) is 17.2 Å². The molecule has 1 aromatic rings. The predicted octanol–water partition coefficient (Wildman–Crippen LogP) is 3.24. The second-order valence-electron chi connectivity index (χ2n) is 3.35. The number of hydrogen-bond acceptors (Lipinski definition) is 3. The fourth-order valence-corrected chi connectivity index (χ4v) is 1.75. The lowest BCUT2D eigenvalue weighted by Crippen LogP contribution is -2.18. The van der Waals surface area contributed by atoms with E-state index >= 15 is 0 Å². The van der Waals surface area contributed by atoms with Crippen LogP contribution in [0.2, 0.25) is 10.0 Å². The first-order chi connectivity index (χ1) is 8.10. The Morgan fingerprint density at radius 1 is 1.53 bits per heavy atom. The Bertz CT molecular complexity index is 454. The first-order valence-corrected chi connectivity index (χ1v) is 5.84. The molecule has 0 radical (unpaired) electrons. The van der Waals surface area contributed by atoms with Crippen molar-refractivity contribution in [3.63, 3.8) is 0 Å². The number of carbonyl (C=O) groups is 1. The number of esters is 1. The van der Waals surface area contributed by atoms with E-state index in [9.17, 15) is 4.79 Å². The summed E-state index contributed by atoms with van der Waals surface area (Å²) in [6.07, 6.45) is 0.203. The minimum Gasteiger partial charge on any atom is -0.465 e. The fraction of sp³-hybridized carbons (Fsp3) is 0.333. The van der Waals surface area contributed by atoms with Crippen LogP contribution < -0.4 is 0 Å².